The molecule has 0 saturated carbocycles. The van der Waals surface area contributed by atoms with Crippen LogP contribution in [-0.4, -0.2) is 29.5 Å². The molecule has 8 heteroatoms. The first-order valence-corrected chi connectivity index (χ1v) is 11.7. The summed E-state index contributed by atoms with van der Waals surface area (Å²) < 4.78 is 34.2. The summed E-state index contributed by atoms with van der Waals surface area (Å²) in [7, 11) is -4.36. The lowest BCUT2D eigenvalue weighted by Crippen LogP contribution is -2.26. The van der Waals surface area contributed by atoms with Gasteiger partial charge in [0.25, 0.3) is 10.1 Å². The molecule has 0 amide bonds. The fourth-order valence-electron chi connectivity index (χ4n) is 3.44. The van der Waals surface area contributed by atoms with Gasteiger partial charge in [-0.2, -0.15) is 8.42 Å². The molecule has 2 aromatic carbocycles. The maximum Gasteiger partial charge on any atom is 0.275 e. The quantitative estimate of drug-likeness (QED) is 0.573. The second-order valence-electron chi connectivity index (χ2n) is 6.74. The summed E-state index contributed by atoms with van der Waals surface area (Å²) in [6.07, 6.45) is 2.37. The molecule has 1 N–H and O–H groups in total. The summed E-state index contributed by atoms with van der Waals surface area (Å²) in [5.41, 5.74) is 2.79. The predicted octanol–water partition coefficient (Wildman–Crippen LogP) is 4.66. The van der Waals surface area contributed by atoms with E-state index in [2.05, 4.69) is 27.0 Å². The van der Waals surface area contributed by atoms with Crippen LogP contribution in [0.25, 0.3) is 0 Å². The van der Waals surface area contributed by atoms with Crippen molar-refractivity contribution >= 4 is 33.3 Å². The van der Waals surface area contributed by atoms with Crippen molar-refractivity contribution in [3.8, 4) is 0 Å². The van der Waals surface area contributed by atoms with Crippen molar-refractivity contribution in [2.24, 2.45) is 0 Å². The molecule has 1 aromatic heterocycles. The first kappa shape index (κ1) is 19.9. The van der Waals surface area contributed by atoms with Crippen molar-refractivity contribution < 1.29 is 13.0 Å². The molecule has 2 heterocycles. The van der Waals surface area contributed by atoms with Crippen LogP contribution in [0, 0.1) is 0 Å². The maximum absolute atomic E-state index is 12.1. The van der Waals surface area contributed by atoms with E-state index >= 15 is 0 Å². The Bertz CT molecular complexity index is 1090. The Kier molecular flexibility index (Phi) is 5.58. The van der Waals surface area contributed by atoms with Crippen LogP contribution < -0.4 is 4.90 Å². The fourth-order valence-corrected chi connectivity index (χ4v) is 5.32. The molecule has 1 unspecified atom stereocenters. The van der Waals surface area contributed by atoms with Crippen LogP contribution in [0.15, 0.2) is 70.6 Å². The van der Waals surface area contributed by atoms with E-state index in [1.54, 1.807) is 24.0 Å². The largest absolute Gasteiger partial charge is 0.340 e. The number of hydrogen-bond donors (Lipinski definition) is 1. The van der Waals surface area contributed by atoms with Gasteiger partial charge >= 0.3 is 0 Å². The molecule has 0 spiro atoms. The van der Waals surface area contributed by atoms with Crippen molar-refractivity contribution in [2.75, 3.05) is 11.4 Å². The van der Waals surface area contributed by atoms with Gasteiger partial charge in [0.1, 0.15) is 11.1 Å². The normalized spacial score (nSPS) is 14.2. The summed E-state index contributed by atoms with van der Waals surface area (Å²) >= 11 is 1.69. The van der Waals surface area contributed by atoms with Crippen LogP contribution in [0.1, 0.15) is 30.1 Å². The van der Waals surface area contributed by atoms with Crippen molar-refractivity contribution in [1.29, 1.82) is 0 Å². The number of anilines is 2. The molecule has 0 radical (unpaired) electrons. The van der Waals surface area contributed by atoms with E-state index < -0.39 is 15.4 Å². The van der Waals surface area contributed by atoms with E-state index in [0.29, 0.717) is 13.0 Å². The highest BCUT2D eigenvalue weighted by molar-refractivity contribution is 7.99. The van der Waals surface area contributed by atoms with Crippen molar-refractivity contribution in [2.45, 2.75) is 34.8 Å². The Morgan fingerprint density at radius 1 is 1.03 bits per heavy atom. The smallest absolute Gasteiger partial charge is 0.275 e. The van der Waals surface area contributed by atoms with Crippen LogP contribution in [0.3, 0.4) is 0 Å². The van der Waals surface area contributed by atoms with Gasteiger partial charge in [0, 0.05) is 28.2 Å². The summed E-state index contributed by atoms with van der Waals surface area (Å²) in [4.78, 5) is 12.8. The number of benzene rings is 2. The highest BCUT2D eigenvalue weighted by Gasteiger charge is 2.30. The molecule has 3 aromatic rings. The maximum atomic E-state index is 12.1. The molecule has 1 aliphatic rings. The zero-order valence-electron chi connectivity index (χ0n) is 15.9. The molecule has 0 aliphatic carbocycles. The number of nitrogens with zero attached hydrogens (tertiary/aromatic N) is 3. The molecule has 6 nitrogen and oxygen atoms in total. The van der Waals surface area contributed by atoms with Crippen molar-refractivity contribution in [3.05, 3.63) is 72.3 Å². The zero-order valence-corrected chi connectivity index (χ0v) is 17.5. The van der Waals surface area contributed by atoms with E-state index in [1.165, 1.54) is 0 Å². The lowest BCUT2D eigenvalue weighted by molar-refractivity contribution is 0.461. The van der Waals surface area contributed by atoms with Crippen molar-refractivity contribution in [3.63, 3.8) is 0 Å². The van der Waals surface area contributed by atoms with E-state index in [0.717, 1.165) is 26.9 Å². The Hall–Kier alpha value is -2.42. The molecule has 150 valence electrons. The first-order chi connectivity index (χ1) is 14.0. The Morgan fingerprint density at radius 3 is 2.24 bits per heavy atom. The van der Waals surface area contributed by atoms with Crippen LogP contribution >= 0.6 is 11.8 Å². The van der Waals surface area contributed by atoms with Gasteiger partial charge in [0.05, 0.1) is 11.4 Å². The van der Waals surface area contributed by atoms with Gasteiger partial charge in [-0.15, -0.1) is 0 Å². The molecule has 29 heavy (non-hydrogen) atoms. The topological polar surface area (TPSA) is 83.4 Å². The molecule has 1 atom stereocenters. The van der Waals surface area contributed by atoms with E-state index in [-0.39, 0.29) is 12.2 Å². The van der Waals surface area contributed by atoms with Gasteiger partial charge in [0.15, 0.2) is 0 Å². The highest BCUT2D eigenvalue weighted by Crippen LogP contribution is 2.48. The third-order valence-electron chi connectivity index (χ3n) is 4.89. The summed E-state index contributed by atoms with van der Waals surface area (Å²) in [6, 6.07) is 17.8. The van der Waals surface area contributed by atoms with E-state index in [1.807, 2.05) is 43.3 Å². The van der Waals surface area contributed by atoms with Crippen LogP contribution in [0.5, 0.6) is 0 Å². The van der Waals surface area contributed by atoms with Crippen LogP contribution in [-0.2, 0) is 16.5 Å². The van der Waals surface area contributed by atoms with Crippen molar-refractivity contribution in [1.82, 2.24) is 9.97 Å². The molecule has 0 fully saturated rings. The van der Waals surface area contributed by atoms with E-state index in [9.17, 15) is 13.0 Å². The molecule has 0 bridgehead atoms. The number of hydrogen-bond acceptors (Lipinski definition) is 6. The van der Waals surface area contributed by atoms with Gasteiger partial charge in [-0.05, 0) is 43.2 Å². The first-order valence-electron chi connectivity index (χ1n) is 9.39. The second-order valence-corrected chi connectivity index (χ2v) is 9.42. The van der Waals surface area contributed by atoms with Gasteiger partial charge in [0.2, 0.25) is 0 Å². The number of para-hydroxylation sites is 2. The summed E-state index contributed by atoms with van der Waals surface area (Å²) in [5.74, 6) is 0.139. The van der Waals surface area contributed by atoms with Gasteiger partial charge in [-0.3, -0.25) is 4.55 Å². The monoisotopic (exact) mass is 427 g/mol. The standard InChI is InChI=1S/C21H21N3O3S2/c1-2-15-11-13-22-21(23-15)20(29(25,26)27)12-14-24-16-7-3-5-9-18(16)28-19-10-6-4-8-17(19)24/h3-11,13,20H,2,12,14H2,1H3,(H,25,26,27). The third-order valence-corrected chi connectivity index (χ3v) is 7.18. The molecule has 1 aliphatic heterocycles. The average Bonchev–Trinajstić information content (AvgIpc) is 2.72. The molecular formula is C21H21N3O3S2. The Balaban J connectivity index is 1.68. The predicted molar refractivity (Wildman–Crippen MR) is 114 cm³/mol. The minimum absolute atomic E-state index is 0.139. The van der Waals surface area contributed by atoms with Gasteiger partial charge in [-0.25, -0.2) is 9.97 Å². The number of fused-ring (bicyclic) bond motifs is 2. The van der Waals surface area contributed by atoms with E-state index in [4.69, 9.17) is 0 Å². The highest BCUT2D eigenvalue weighted by atomic mass is 32.2. The zero-order chi connectivity index (χ0) is 20.4. The second kappa shape index (κ2) is 8.14. The van der Waals surface area contributed by atoms with Gasteiger partial charge < -0.3 is 4.90 Å². The summed E-state index contributed by atoms with van der Waals surface area (Å²) in [5, 5.41) is -1.18. The lowest BCUT2D eigenvalue weighted by Gasteiger charge is -2.33. The Labute approximate surface area is 174 Å². The molecule has 4 rings (SSSR count). The SMILES string of the molecule is CCc1ccnc(C(CCN2c3ccccc3Sc3ccccc32)S(=O)(=O)O)n1. The summed E-state index contributed by atoms with van der Waals surface area (Å²) in [6.45, 7) is 2.34. The average molecular weight is 428 g/mol. The van der Waals surface area contributed by atoms with Gasteiger partial charge in [-0.1, -0.05) is 43.0 Å². The lowest BCUT2D eigenvalue weighted by atomic mass is 10.2. The number of aryl methyl sites for hydroxylation is 1. The van der Waals surface area contributed by atoms with Crippen LogP contribution in [0.4, 0.5) is 11.4 Å². The minimum Gasteiger partial charge on any atom is -0.340 e. The van der Waals surface area contributed by atoms with Crippen LogP contribution in [0.2, 0.25) is 0 Å². The number of rotatable bonds is 6. The Morgan fingerprint density at radius 2 is 1.66 bits per heavy atom. The molecule has 0 saturated heterocycles. The third kappa shape index (κ3) is 4.14. The molecular weight excluding hydrogens is 406 g/mol. The fraction of sp³-hybridized carbons (Fsp3) is 0.238. The minimum atomic E-state index is -4.36. The number of aromatic nitrogens is 2.